The van der Waals surface area contributed by atoms with Crippen LogP contribution in [0.25, 0.3) is 0 Å². The largest absolute Gasteiger partial charge is 0.352 e. The third kappa shape index (κ3) is 3.81. The molecule has 0 atom stereocenters. The average molecular weight is 230 g/mol. The molecule has 0 saturated carbocycles. The highest BCUT2D eigenvalue weighted by Gasteiger charge is 2.07. The van der Waals surface area contributed by atoms with E-state index in [0.29, 0.717) is 5.75 Å². The molecule has 15 heavy (non-hydrogen) atoms. The summed E-state index contributed by atoms with van der Waals surface area (Å²) in [5.41, 5.74) is 0.963. The van der Waals surface area contributed by atoms with Crippen LogP contribution in [0.15, 0.2) is 29.2 Å². The van der Waals surface area contributed by atoms with E-state index in [1.165, 1.54) is 11.8 Å². The Morgan fingerprint density at radius 2 is 1.80 bits per heavy atom. The van der Waals surface area contributed by atoms with Gasteiger partial charge in [-0.1, -0.05) is 12.1 Å². The van der Waals surface area contributed by atoms with Crippen LogP contribution in [0.4, 0.5) is 4.39 Å². The second-order valence-corrected chi connectivity index (χ2v) is 4.08. The smallest absolute Gasteiger partial charge is 0.183 e. The predicted octanol–water partition coefficient (Wildman–Crippen LogP) is 3.04. The maximum absolute atomic E-state index is 11.9. The number of methoxy groups -OCH3 is 2. The third-order valence-corrected chi connectivity index (χ3v) is 2.89. The van der Waals surface area contributed by atoms with Crippen molar-refractivity contribution in [3.05, 3.63) is 29.8 Å². The summed E-state index contributed by atoms with van der Waals surface area (Å²) in [7, 11) is 3.19. The lowest BCUT2D eigenvalue weighted by molar-refractivity contribution is -0.106. The van der Waals surface area contributed by atoms with Gasteiger partial charge in [-0.05, 0) is 12.1 Å². The van der Waals surface area contributed by atoms with Gasteiger partial charge >= 0.3 is 0 Å². The SMILES string of the molecule is COC(OC)c1ccc(SCCF)cc1. The minimum absolute atomic E-state index is 0.300. The number of halogens is 1. The molecule has 0 fully saturated rings. The van der Waals surface area contributed by atoms with Crippen LogP contribution in [-0.4, -0.2) is 26.6 Å². The maximum atomic E-state index is 11.9. The van der Waals surface area contributed by atoms with Crippen LogP contribution in [-0.2, 0) is 9.47 Å². The summed E-state index contributed by atoms with van der Waals surface area (Å²) in [6.07, 6.45) is -0.328. The van der Waals surface area contributed by atoms with E-state index >= 15 is 0 Å². The Morgan fingerprint density at radius 3 is 2.27 bits per heavy atom. The molecule has 1 aromatic carbocycles. The van der Waals surface area contributed by atoms with Crippen molar-refractivity contribution in [2.75, 3.05) is 26.6 Å². The van der Waals surface area contributed by atoms with E-state index in [9.17, 15) is 4.39 Å². The summed E-state index contributed by atoms with van der Waals surface area (Å²) in [5.74, 6) is 0.497. The highest BCUT2D eigenvalue weighted by molar-refractivity contribution is 7.99. The second kappa shape index (κ2) is 6.82. The van der Waals surface area contributed by atoms with E-state index in [-0.39, 0.29) is 13.0 Å². The Bertz CT molecular complexity index is 272. The lowest BCUT2D eigenvalue weighted by Gasteiger charge is -2.13. The van der Waals surface area contributed by atoms with Gasteiger partial charge in [-0.3, -0.25) is 4.39 Å². The highest BCUT2D eigenvalue weighted by Crippen LogP contribution is 2.22. The van der Waals surface area contributed by atoms with Gasteiger partial charge in [0, 0.05) is 30.4 Å². The van der Waals surface area contributed by atoms with E-state index in [4.69, 9.17) is 9.47 Å². The zero-order valence-electron chi connectivity index (χ0n) is 8.90. The number of ether oxygens (including phenoxy) is 2. The van der Waals surface area contributed by atoms with Crippen LogP contribution in [0.3, 0.4) is 0 Å². The molecule has 0 radical (unpaired) electrons. The Hall–Kier alpha value is -0.580. The number of hydrogen-bond acceptors (Lipinski definition) is 3. The minimum atomic E-state index is -0.328. The third-order valence-electron chi connectivity index (χ3n) is 1.93. The van der Waals surface area contributed by atoms with E-state index < -0.39 is 0 Å². The van der Waals surface area contributed by atoms with Gasteiger partial charge in [0.25, 0.3) is 0 Å². The van der Waals surface area contributed by atoms with Crippen molar-refractivity contribution in [3.8, 4) is 0 Å². The minimum Gasteiger partial charge on any atom is -0.352 e. The van der Waals surface area contributed by atoms with Gasteiger partial charge < -0.3 is 9.47 Å². The van der Waals surface area contributed by atoms with Gasteiger partial charge in [0.05, 0.1) is 6.67 Å². The van der Waals surface area contributed by atoms with Crippen molar-refractivity contribution >= 4 is 11.8 Å². The van der Waals surface area contributed by atoms with Gasteiger partial charge in [0.2, 0.25) is 0 Å². The molecule has 84 valence electrons. The molecular weight excluding hydrogens is 215 g/mol. The molecular formula is C11H15FO2S. The Balaban J connectivity index is 2.62. The van der Waals surface area contributed by atoms with Crippen molar-refractivity contribution < 1.29 is 13.9 Å². The molecule has 0 N–H and O–H groups in total. The number of rotatable bonds is 6. The highest BCUT2D eigenvalue weighted by atomic mass is 32.2. The molecule has 0 amide bonds. The molecule has 0 spiro atoms. The van der Waals surface area contributed by atoms with Gasteiger partial charge in [-0.15, -0.1) is 11.8 Å². The lowest BCUT2D eigenvalue weighted by atomic mass is 10.2. The topological polar surface area (TPSA) is 18.5 Å². The van der Waals surface area contributed by atoms with E-state index in [2.05, 4.69) is 0 Å². The fourth-order valence-electron chi connectivity index (χ4n) is 1.25. The van der Waals surface area contributed by atoms with Crippen molar-refractivity contribution in [3.63, 3.8) is 0 Å². The fraction of sp³-hybridized carbons (Fsp3) is 0.455. The summed E-state index contributed by atoms with van der Waals surface area (Å²) in [6.45, 7) is -0.300. The van der Waals surface area contributed by atoms with Gasteiger partial charge in [-0.25, -0.2) is 0 Å². The molecule has 0 aliphatic carbocycles. The van der Waals surface area contributed by atoms with Crippen molar-refractivity contribution in [2.45, 2.75) is 11.2 Å². The molecule has 0 aliphatic rings. The van der Waals surface area contributed by atoms with Crippen molar-refractivity contribution in [1.29, 1.82) is 0 Å². The molecule has 0 unspecified atom stereocenters. The molecule has 0 heterocycles. The van der Waals surface area contributed by atoms with Crippen molar-refractivity contribution in [1.82, 2.24) is 0 Å². The molecule has 0 aromatic heterocycles. The molecule has 0 bridgehead atoms. The summed E-state index contributed by atoms with van der Waals surface area (Å²) in [6, 6.07) is 7.75. The number of alkyl halides is 1. The summed E-state index contributed by atoms with van der Waals surface area (Å²) < 4.78 is 22.2. The normalized spacial score (nSPS) is 10.9. The monoisotopic (exact) mass is 230 g/mol. The predicted molar refractivity (Wildman–Crippen MR) is 59.9 cm³/mol. The van der Waals surface area contributed by atoms with Gasteiger partial charge in [0.15, 0.2) is 6.29 Å². The van der Waals surface area contributed by atoms with Gasteiger partial charge in [0.1, 0.15) is 0 Å². The first-order chi connectivity index (χ1) is 7.31. The standard InChI is InChI=1S/C11H15FO2S/c1-13-11(14-2)9-3-5-10(6-4-9)15-8-7-12/h3-6,11H,7-8H2,1-2H3. The molecule has 1 rings (SSSR count). The Morgan fingerprint density at radius 1 is 1.20 bits per heavy atom. The van der Waals surface area contributed by atoms with Crippen LogP contribution in [0, 0.1) is 0 Å². The average Bonchev–Trinajstić information content (AvgIpc) is 2.29. The van der Waals surface area contributed by atoms with Crippen LogP contribution in [0.5, 0.6) is 0 Å². The Labute approximate surface area is 93.8 Å². The second-order valence-electron chi connectivity index (χ2n) is 2.91. The number of hydrogen-bond donors (Lipinski definition) is 0. The van der Waals surface area contributed by atoms with Crippen molar-refractivity contribution in [2.24, 2.45) is 0 Å². The summed E-state index contributed by atoms with van der Waals surface area (Å²) in [5, 5.41) is 0. The first-order valence-corrected chi connectivity index (χ1v) is 5.64. The lowest BCUT2D eigenvalue weighted by Crippen LogP contribution is -2.02. The van der Waals surface area contributed by atoms with Crippen LogP contribution >= 0.6 is 11.8 Å². The maximum Gasteiger partial charge on any atom is 0.183 e. The zero-order valence-corrected chi connectivity index (χ0v) is 9.72. The summed E-state index contributed by atoms with van der Waals surface area (Å²) >= 11 is 1.50. The first kappa shape index (κ1) is 12.5. The molecule has 4 heteroatoms. The summed E-state index contributed by atoms with van der Waals surface area (Å²) in [4.78, 5) is 1.06. The zero-order chi connectivity index (χ0) is 11.1. The molecule has 2 nitrogen and oxygen atoms in total. The molecule has 0 aliphatic heterocycles. The van der Waals surface area contributed by atoms with E-state index in [1.807, 2.05) is 24.3 Å². The fourth-order valence-corrected chi connectivity index (χ4v) is 1.89. The number of benzene rings is 1. The quantitative estimate of drug-likeness (QED) is 0.553. The Kier molecular flexibility index (Phi) is 5.68. The van der Waals surface area contributed by atoms with Crippen LogP contribution in [0.1, 0.15) is 11.9 Å². The van der Waals surface area contributed by atoms with Crippen LogP contribution in [0.2, 0.25) is 0 Å². The van der Waals surface area contributed by atoms with Crippen LogP contribution < -0.4 is 0 Å². The van der Waals surface area contributed by atoms with E-state index in [0.717, 1.165) is 10.5 Å². The number of thioether (sulfide) groups is 1. The van der Waals surface area contributed by atoms with E-state index in [1.54, 1.807) is 14.2 Å². The molecule has 1 aromatic rings. The first-order valence-electron chi connectivity index (χ1n) is 4.66. The molecule has 0 saturated heterocycles. The van der Waals surface area contributed by atoms with Gasteiger partial charge in [-0.2, -0.15) is 0 Å².